The highest BCUT2D eigenvalue weighted by molar-refractivity contribution is 5.78. The van der Waals surface area contributed by atoms with Crippen molar-refractivity contribution in [3.63, 3.8) is 0 Å². The van der Waals surface area contributed by atoms with E-state index >= 15 is 0 Å². The fourth-order valence-corrected chi connectivity index (χ4v) is 2.48. The third kappa shape index (κ3) is 8.02. The summed E-state index contributed by atoms with van der Waals surface area (Å²) in [6.45, 7) is 5.90. The maximum absolute atomic E-state index is 11.7. The molecule has 1 saturated heterocycles. The molecule has 1 rings (SSSR count). The Morgan fingerprint density at radius 2 is 1.86 bits per heavy atom. The topological polar surface area (TPSA) is 73.5 Å². The smallest absolute Gasteiger partial charge is 0.234 e. The zero-order chi connectivity index (χ0) is 15.5. The molecule has 1 fully saturated rings. The van der Waals surface area contributed by atoms with E-state index in [1.807, 2.05) is 14.0 Å². The summed E-state index contributed by atoms with van der Waals surface area (Å²) in [6, 6.07) is 0.266. The number of carbonyl (C=O) groups excluding carboxylic acids is 2. The lowest BCUT2D eigenvalue weighted by atomic mass is 10.0. The van der Waals surface area contributed by atoms with E-state index in [0.29, 0.717) is 13.0 Å². The molecule has 3 N–H and O–H groups in total. The van der Waals surface area contributed by atoms with Gasteiger partial charge in [-0.1, -0.05) is 6.92 Å². The van der Waals surface area contributed by atoms with Crippen LogP contribution in [0.25, 0.3) is 0 Å². The van der Waals surface area contributed by atoms with Gasteiger partial charge in [0.15, 0.2) is 0 Å². The van der Waals surface area contributed by atoms with Crippen LogP contribution in [0.3, 0.4) is 0 Å². The first-order chi connectivity index (χ1) is 10.2. The van der Waals surface area contributed by atoms with E-state index in [4.69, 9.17) is 0 Å². The summed E-state index contributed by atoms with van der Waals surface area (Å²) in [4.78, 5) is 25.6. The molecule has 21 heavy (non-hydrogen) atoms. The van der Waals surface area contributed by atoms with Gasteiger partial charge in [0.1, 0.15) is 0 Å². The van der Waals surface area contributed by atoms with Crippen molar-refractivity contribution in [2.75, 3.05) is 39.8 Å². The molecule has 1 heterocycles. The summed E-state index contributed by atoms with van der Waals surface area (Å²) in [7, 11) is 1.89. The van der Waals surface area contributed by atoms with Crippen molar-refractivity contribution in [1.82, 2.24) is 20.9 Å². The van der Waals surface area contributed by atoms with Crippen LogP contribution >= 0.6 is 0 Å². The summed E-state index contributed by atoms with van der Waals surface area (Å²) in [5, 5.41) is 9.03. The molecule has 0 aromatic heterocycles. The Balaban J connectivity index is 2.14. The molecule has 0 saturated carbocycles. The van der Waals surface area contributed by atoms with E-state index < -0.39 is 0 Å². The van der Waals surface area contributed by atoms with Crippen LogP contribution in [0.5, 0.6) is 0 Å². The van der Waals surface area contributed by atoms with Crippen LogP contribution in [0.1, 0.15) is 39.0 Å². The predicted molar refractivity (Wildman–Crippen MR) is 84.1 cm³/mol. The predicted octanol–water partition coefficient (Wildman–Crippen LogP) is 0.0928. The summed E-state index contributed by atoms with van der Waals surface area (Å²) in [5.74, 6) is 0.246. The monoisotopic (exact) mass is 298 g/mol. The Hall–Kier alpha value is -1.14. The Kier molecular flexibility index (Phi) is 9.01. The normalized spacial score (nSPS) is 16.7. The second-order valence-electron chi connectivity index (χ2n) is 5.67. The molecule has 6 heteroatoms. The Bertz CT molecular complexity index is 315. The lowest BCUT2D eigenvalue weighted by molar-refractivity contribution is -0.124. The van der Waals surface area contributed by atoms with Crippen LogP contribution in [0.15, 0.2) is 0 Å². The summed E-state index contributed by atoms with van der Waals surface area (Å²) >= 11 is 0. The van der Waals surface area contributed by atoms with Gasteiger partial charge in [-0.05, 0) is 39.3 Å². The molecule has 0 aliphatic carbocycles. The van der Waals surface area contributed by atoms with Crippen molar-refractivity contribution in [2.24, 2.45) is 0 Å². The largest absolute Gasteiger partial charge is 0.355 e. The summed E-state index contributed by atoms with van der Waals surface area (Å²) in [6.07, 6.45) is 4.28. The lowest BCUT2D eigenvalue weighted by Gasteiger charge is -2.31. The highest BCUT2D eigenvalue weighted by Gasteiger charge is 2.21. The average molecular weight is 298 g/mol. The van der Waals surface area contributed by atoms with Crippen molar-refractivity contribution in [3.05, 3.63) is 0 Å². The molecule has 1 aliphatic rings. The van der Waals surface area contributed by atoms with Crippen LogP contribution in [0, 0.1) is 0 Å². The second kappa shape index (κ2) is 10.6. The van der Waals surface area contributed by atoms with E-state index in [-0.39, 0.29) is 17.9 Å². The molecule has 0 atom stereocenters. The molecule has 0 aromatic carbocycles. The molecule has 122 valence electrons. The van der Waals surface area contributed by atoms with E-state index in [0.717, 1.165) is 51.9 Å². The van der Waals surface area contributed by atoms with E-state index in [1.54, 1.807) is 0 Å². The highest BCUT2D eigenvalue weighted by atomic mass is 16.2. The highest BCUT2D eigenvalue weighted by Crippen LogP contribution is 2.10. The van der Waals surface area contributed by atoms with Gasteiger partial charge in [0.25, 0.3) is 0 Å². The van der Waals surface area contributed by atoms with E-state index in [1.165, 1.54) is 0 Å². The molecule has 6 nitrogen and oxygen atoms in total. The second-order valence-corrected chi connectivity index (χ2v) is 5.67. The molecule has 0 bridgehead atoms. The third-order valence-corrected chi connectivity index (χ3v) is 3.72. The van der Waals surface area contributed by atoms with Crippen LogP contribution in [-0.4, -0.2) is 62.5 Å². The maximum Gasteiger partial charge on any atom is 0.234 e. The van der Waals surface area contributed by atoms with Crippen molar-refractivity contribution < 1.29 is 9.59 Å². The van der Waals surface area contributed by atoms with Crippen LogP contribution in [0.2, 0.25) is 0 Å². The zero-order valence-corrected chi connectivity index (χ0v) is 13.4. The number of carbonyl (C=O) groups is 2. The standard InChI is InChI=1S/C15H30N4O2/c1-3-8-17-15(21)12-19-10-6-13(7-11-19)18-14(20)5-4-9-16-2/h13,16H,3-12H2,1-2H3,(H,17,21)(H,18,20). The zero-order valence-electron chi connectivity index (χ0n) is 13.4. The summed E-state index contributed by atoms with van der Waals surface area (Å²) in [5.41, 5.74) is 0. The molecule has 2 amide bonds. The maximum atomic E-state index is 11.7. The van der Waals surface area contributed by atoms with Crippen molar-refractivity contribution in [2.45, 2.75) is 45.1 Å². The van der Waals surface area contributed by atoms with Crippen molar-refractivity contribution in [1.29, 1.82) is 0 Å². The first kappa shape index (κ1) is 17.9. The number of amides is 2. The first-order valence-corrected chi connectivity index (χ1v) is 8.08. The van der Waals surface area contributed by atoms with Gasteiger partial charge in [0, 0.05) is 32.1 Å². The number of hydrogen-bond acceptors (Lipinski definition) is 4. The molecule has 1 aliphatic heterocycles. The van der Waals surface area contributed by atoms with Crippen molar-refractivity contribution in [3.8, 4) is 0 Å². The molecule has 0 radical (unpaired) electrons. The Morgan fingerprint density at radius 3 is 2.48 bits per heavy atom. The number of hydrogen-bond donors (Lipinski definition) is 3. The lowest BCUT2D eigenvalue weighted by Crippen LogP contribution is -2.47. The van der Waals surface area contributed by atoms with E-state index in [2.05, 4.69) is 20.9 Å². The van der Waals surface area contributed by atoms with Gasteiger partial charge in [-0.25, -0.2) is 0 Å². The van der Waals surface area contributed by atoms with Crippen LogP contribution in [0.4, 0.5) is 0 Å². The minimum atomic E-state index is 0.103. The number of nitrogens with zero attached hydrogens (tertiary/aromatic N) is 1. The van der Waals surface area contributed by atoms with Gasteiger partial charge >= 0.3 is 0 Å². The van der Waals surface area contributed by atoms with Crippen LogP contribution < -0.4 is 16.0 Å². The molecular formula is C15H30N4O2. The fraction of sp³-hybridized carbons (Fsp3) is 0.867. The van der Waals surface area contributed by atoms with E-state index in [9.17, 15) is 9.59 Å². The average Bonchev–Trinajstić information content (AvgIpc) is 2.47. The SMILES string of the molecule is CCCNC(=O)CN1CCC(NC(=O)CCCNC)CC1. The number of rotatable bonds is 9. The van der Waals surface area contributed by atoms with Crippen LogP contribution in [-0.2, 0) is 9.59 Å². The molecule has 0 unspecified atom stereocenters. The summed E-state index contributed by atoms with van der Waals surface area (Å²) < 4.78 is 0. The van der Waals surface area contributed by atoms with Gasteiger partial charge in [0.2, 0.25) is 11.8 Å². The minimum absolute atomic E-state index is 0.103. The van der Waals surface area contributed by atoms with Gasteiger partial charge in [-0.15, -0.1) is 0 Å². The first-order valence-electron chi connectivity index (χ1n) is 8.08. The fourth-order valence-electron chi connectivity index (χ4n) is 2.48. The molecular weight excluding hydrogens is 268 g/mol. The van der Waals surface area contributed by atoms with Gasteiger partial charge in [0.05, 0.1) is 6.54 Å². The van der Waals surface area contributed by atoms with Gasteiger partial charge in [-0.3, -0.25) is 14.5 Å². The Morgan fingerprint density at radius 1 is 1.14 bits per heavy atom. The number of piperidine rings is 1. The number of likely N-dealkylation sites (tertiary alicyclic amines) is 1. The Labute approximate surface area is 128 Å². The quantitative estimate of drug-likeness (QED) is 0.528. The van der Waals surface area contributed by atoms with Gasteiger partial charge in [-0.2, -0.15) is 0 Å². The molecule has 0 spiro atoms. The minimum Gasteiger partial charge on any atom is -0.355 e. The third-order valence-electron chi connectivity index (χ3n) is 3.72. The number of nitrogens with one attached hydrogen (secondary N) is 3. The molecule has 0 aromatic rings. The van der Waals surface area contributed by atoms with Gasteiger partial charge < -0.3 is 16.0 Å². The van der Waals surface area contributed by atoms with Crippen molar-refractivity contribution >= 4 is 11.8 Å².